The fourth-order valence-electron chi connectivity index (χ4n) is 4.73. The Balaban J connectivity index is 1.48. The van der Waals surface area contributed by atoms with E-state index in [1.807, 2.05) is 19.1 Å². The molecule has 0 spiro atoms. The largest absolute Gasteiger partial charge is 0.497 e. The number of ether oxygens (including phenoxy) is 1. The van der Waals surface area contributed by atoms with Crippen LogP contribution in [0, 0.1) is 11.8 Å². The molecule has 1 aromatic carbocycles. The zero-order valence-electron chi connectivity index (χ0n) is 18.1. The molecule has 32 heavy (non-hydrogen) atoms. The lowest BCUT2D eigenvalue weighted by molar-refractivity contribution is -0.251. The van der Waals surface area contributed by atoms with Gasteiger partial charge in [0.1, 0.15) is 5.75 Å². The Bertz CT molecular complexity index is 983. The van der Waals surface area contributed by atoms with Gasteiger partial charge in [0.05, 0.1) is 12.5 Å². The van der Waals surface area contributed by atoms with Gasteiger partial charge in [0, 0.05) is 18.7 Å². The van der Waals surface area contributed by atoms with E-state index in [1.54, 1.807) is 19.2 Å². The molecular formula is C22H26F3N3O4. The van der Waals surface area contributed by atoms with Gasteiger partial charge in [-0.3, -0.25) is 4.79 Å². The summed E-state index contributed by atoms with van der Waals surface area (Å²) in [6.45, 7) is 2.69. The van der Waals surface area contributed by atoms with E-state index in [0.29, 0.717) is 30.9 Å². The van der Waals surface area contributed by atoms with Crippen molar-refractivity contribution in [2.75, 3.05) is 20.2 Å². The standard InChI is InChI=1S/C22H26F3N3O4/c1-13-12-28(19(29)20(2,30)22(23,24)25)11-8-16(13)21(9-10-21)18-27-26-17(32-18)14-4-6-15(31-3)7-5-14/h4-7,13,16,30H,8-12H2,1-3H3/t13?,16?,20-/m1/s1. The molecule has 0 radical (unpaired) electrons. The van der Waals surface area contributed by atoms with Gasteiger partial charge in [-0.2, -0.15) is 13.2 Å². The van der Waals surface area contributed by atoms with Crippen molar-refractivity contribution in [3.05, 3.63) is 30.2 Å². The number of aromatic nitrogens is 2. The van der Waals surface area contributed by atoms with Crippen molar-refractivity contribution in [1.82, 2.24) is 15.1 Å². The molecular weight excluding hydrogens is 427 g/mol. The summed E-state index contributed by atoms with van der Waals surface area (Å²) in [4.78, 5) is 13.5. The minimum absolute atomic E-state index is 0.0874. The lowest BCUT2D eigenvalue weighted by Crippen LogP contribution is -2.58. The van der Waals surface area contributed by atoms with Crippen LogP contribution in [0.4, 0.5) is 13.2 Å². The van der Waals surface area contributed by atoms with Crippen LogP contribution in [0.1, 0.15) is 39.0 Å². The van der Waals surface area contributed by atoms with Crippen LogP contribution in [0.5, 0.6) is 5.75 Å². The minimum Gasteiger partial charge on any atom is -0.497 e. The zero-order chi connectivity index (χ0) is 23.3. The number of piperidine rings is 1. The summed E-state index contributed by atoms with van der Waals surface area (Å²) in [5, 5.41) is 18.2. The van der Waals surface area contributed by atoms with E-state index in [-0.39, 0.29) is 30.3 Å². The monoisotopic (exact) mass is 453 g/mol. The van der Waals surface area contributed by atoms with E-state index in [9.17, 15) is 23.1 Å². The first-order valence-electron chi connectivity index (χ1n) is 10.6. The third-order valence-electron chi connectivity index (χ3n) is 6.85. The number of alkyl halides is 3. The molecule has 2 aliphatic rings. The molecule has 7 nitrogen and oxygen atoms in total. The van der Waals surface area contributed by atoms with Crippen molar-refractivity contribution in [3.63, 3.8) is 0 Å². The average Bonchev–Trinajstić information content (AvgIpc) is 3.40. The van der Waals surface area contributed by atoms with E-state index < -0.39 is 17.7 Å². The molecule has 2 heterocycles. The second kappa shape index (κ2) is 7.75. The van der Waals surface area contributed by atoms with Gasteiger partial charge < -0.3 is 19.2 Å². The van der Waals surface area contributed by atoms with E-state index >= 15 is 0 Å². The highest BCUT2D eigenvalue weighted by atomic mass is 19.4. The molecule has 0 bridgehead atoms. The number of methoxy groups -OCH3 is 1. The second-order valence-electron chi connectivity index (χ2n) is 8.99. The summed E-state index contributed by atoms with van der Waals surface area (Å²) in [7, 11) is 1.58. The van der Waals surface area contributed by atoms with Gasteiger partial charge in [0.2, 0.25) is 17.4 Å². The second-order valence-corrected chi connectivity index (χ2v) is 8.99. The van der Waals surface area contributed by atoms with E-state index in [0.717, 1.165) is 23.3 Å². The Morgan fingerprint density at radius 1 is 1.25 bits per heavy atom. The third kappa shape index (κ3) is 3.74. The number of likely N-dealkylation sites (tertiary alicyclic amines) is 1. The molecule has 1 aromatic heterocycles. The number of rotatable bonds is 5. The van der Waals surface area contributed by atoms with Crippen LogP contribution in [-0.2, 0) is 10.2 Å². The van der Waals surface area contributed by atoms with Crippen LogP contribution in [0.25, 0.3) is 11.5 Å². The van der Waals surface area contributed by atoms with Crippen LogP contribution in [0.15, 0.2) is 28.7 Å². The van der Waals surface area contributed by atoms with Crippen molar-refractivity contribution in [2.45, 2.75) is 50.3 Å². The third-order valence-corrected chi connectivity index (χ3v) is 6.85. The highest BCUT2D eigenvalue weighted by Gasteiger charge is 2.60. The van der Waals surface area contributed by atoms with Gasteiger partial charge in [-0.05, 0) is 62.3 Å². The maximum Gasteiger partial charge on any atom is 0.426 e. The number of carbonyl (C=O) groups excluding carboxylic acids is 1. The molecule has 1 saturated carbocycles. The number of hydrogen-bond acceptors (Lipinski definition) is 6. The van der Waals surface area contributed by atoms with Gasteiger partial charge in [-0.1, -0.05) is 6.92 Å². The number of aliphatic hydroxyl groups is 1. The summed E-state index contributed by atoms with van der Waals surface area (Å²) in [6, 6.07) is 7.26. The number of benzene rings is 1. The highest BCUT2D eigenvalue weighted by molar-refractivity contribution is 5.85. The van der Waals surface area contributed by atoms with Crippen molar-refractivity contribution in [2.24, 2.45) is 11.8 Å². The normalized spacial score (nSPS) is 24.7. The average molecular weight is 453 g/mol. The summed E-state index contributed by atoms with van der Waals surface area (Å²) >= 11 is 0. The molecule has 2 aromatic rings. The lowest BCUT2D eigenvalue weighted by Gasteiger charge is -2.42. The van der Waals surface area contributed by atoms with Gasteiger partial charge in [0.25, 0.3) is 5.91 Å². The van der Waals surface area contributed by atoms with Gasteiger partial charge in [-0.15, -0.1) is 10.2 Å². The predicted octanol–water partition coefficient (Wildman–Crippen LogP) is 3.57. The lowest BCUT2D eigenvalue weighted by atomic mass is 9.74. The Labute approximate surface area is 183 Å². The van der Waals surface area contributed by atoms with Gasteiger partial charge in [-0.25, -0.2) is 0 Å². The fraction of sp³-hybridized carbons (Fsp3) is 0.591. The molecule has 3 atom stereocenters. The Hall–Kier alpha value is -2.62. The molecule has 174 valence electrons. The Kier molecular flexibility index (Phi) is 5.47. The highest BCUT2D eigenvalue weighted by Crippen LogP contribution is 2.58. The zero-order valence-corrected chi connectivity index (χ0v) is 18.1. The van der Waals surface area contributed by atoms with E-state index in [2.05, 4.69) is 10.2 Å². The summed E-state index contributed by atoms with van der Waals surface area (Å²) in [5.74, 6) is 0.339. The SMILES string of the molecule is COc1ccc(-c2nnc(C3(C4CCN(C(=O)[C@@](C)(O)C(F)(F)F)CC4C)CC3)o2)cc1. The molecule has 10 heteroatoms. The topological polar surface area (TPSA) is 88.7 Å². The quantitative estimate of drug-likeness (QED) is 0.745. The number of amides is 1. The fourth-order valence-corrected chi connectivity index (χ4v) is 4.73. The van der Waals surface area contributed by atoms with Crippen LogP contribution >= 0.6 is 0 Å². The first-order chi connectivity index (χ1) is 15.0. The van der Waals surface area contributed by atoms with Crippen molar-refractivity contribution in [1.29, 1.82) is 0 Å². The molecule has 1 saturated heterocycles. The molecule has 4 rings (SSSR count). The predicted molar refractivity (Wildman–Crippen MR) is 108 cm³/mol. The smallest absolute Gasteiger partial charge is 0.426 e. The van der Waals surface area contributed by atoms with Crippen molar-refractivity contribution < 1.29 is 32.2 Å². The van der Waals surface area contributed by atoms with E-state index in [4.69, 9.17) is 9.15 Å². The summed E-state index contributed by atoms with van der Waals surface area (Å²) in [6.07, 6.45) is -2.83. The molecule has 1 aliphatic heterocycles. The molecule has 1 aliphatic carbocycles. The van der Waals surface area contributed by atoms with Crippen LogP contribution in [-0.4, -0.2) is 58.1 Å². The molecule has 1 amide bonds. The number of hydrogen-bond donors (Lipinski definition) is 1. The molecule has 2 fully saturated rings. The number of nitrogens with zero attached hydrogens (tertiary/aromatic N) is 3. The maximum atomic E-state index is 13.1. The Morgan fingerprint density at radius 3 is 2.44 bits per heavy atom. The Morgan fingerprint density at radius 2 is 1.91 bits per heavy atom. The molecule has 2 unspecified atom stereocenters. The summed E-state index contributed by atoms with van der Waals surface area (Å²) < 4.78 is 50.4. The van der Waals surface area contributed by atoms with Crippen LogP contribution in [0.3, 0.4) is 0 Å². The number of halogens is 3. The van der Waals surface area contributed by atoms with Gasteiger partial charge in [0.15, 0.2) is 0 Å². The molecule has 1 N–H and O–H groups in total. The van der Waals surface area contributed by atoms with Crippen molar-refractivity contribution in [3.8, 4) is 17.2 Å². The number of carbonyl (C=O) groups is 1. The van der Waals surface area contributed by atoms with Crippen molar-refractivity contribution >= 4 is 5.91 Å². The first kappa shape index (κ1) is 22.6. The van der Waals surface area contributed by atoms with Gasteiger partial charge >= 0.3 is 6.18 Å². The van der Waals surface area contributed by atoms with Crippen LogP contribution in [0.2, 0.25) is 0 Å². The van der Waals surface area contributed by atoms with Crippen LogP contribution < -0.4 is 4.74 Å². The maximum absolute atomic E-state index is 13.1. The first-order valence-corrected chi connectivity index (χ1v) is 10.6. The van der Waals surface area contributed by atoms with E-state index in [1.165, 1.54) is 0 Å². The summed E-state index contributed by atoms with van der Waals surface area (Å²) in [5.41, 5.74) is -2.95. The minimum atomic E-state index is -5.02.